The number of halogens is 1. The molecular formula is C7H10ClN3S. The van der Waals surface area contributed by atoms with Crippen LogP contribution in [0.1, 0.15) is 18.5 Å². The monoisotopic (exact) mass is 203 g/mol. The largest absolute Gasteiger partial charge is 0.297 e. The lowest BCUT2D eigenvalue weighted by molar-refractivity contribution is 0.312. The van der Waals surface area contributed by atoms with E-state index in [0.29, 0.717) is 0 Å². The summed E-state index contributed by atoms with van der Waals surface area (Å²) in [6.07, 6.45) is 2.62. The highest BCUT2D eigenvalue weighted by Gasteiger charge is 2.26. The minimum atomic E-state index is 0.725. The van der Waals surface area contributed by atoms with Crippen molar-refractivity contribution in [1.29, 1.82) is 0 Å². The minimum Gasteiger partial charge on any atom is -0.297 e. The van der Waals surface area contributed by atoms with Crippen LogP contribution in [0.3, 0.4) is 0 Å². The predicted octanol–water partition coefficient (Wildman–Crippen LogP) is 1.79. The molecule has 0 aliphatic heterocycles. The van der Waals surface area contributed by atoms with Gasteiger partial charge >= 0.3 is 0 Å². The second kappa shape index (κ2) is 3.28. The predicted molar refractivity (Wildman–Crippen MR) is 49.4 cm³/mol. The first kappa shape index (κ1) is 8.41. The molecule has 5 heteroatoms. The zero-order valence-electron chi connectivity index (χ0n) is 6.83. The average molecular weight is 204 g/mol. The maximum Gasteiger partial charge on any atom is 0.138 e. The summed E-state index contributed by atoms with van der Waals surface area (Å²) in [5.41, 5.74) is 0.913. The molecule has 12 heavy (non-hydrogen) atoms. The molecule has 66 valence electrons. The van der Waals surface area contributed by atoms with Crippen LogP contribution in [-0.2, 0) is 6.54 Å². The van der Waals surface area contributed by atoms with Crippen LogP contribution in [0.4, 0.5) is 0 Å². The molecule has 0 amide bonds. The van der Waals surface area contributed by atoms with Gasteiger partial charge in [0, 0.05) is 24.1 Å². The zero-order valence-corrected chi connectivity index (χ0v) is 8.40. The van der Waals surface area contributed by atoms with Crippen molar-refractivity contribution in [2.75, 3.05) is 7.05 Å². The lowest BCUT2D eigenvalue weighted by atomic mass is 10.4. The highest BCUT2D eigenvalue weighted by molar-refractivity contribution is 7.10. The molecule has 0 bridgehead atoms. The molecule has 1 aromatic rings. The molecule has 3 nitrogen and oxygen atoms in total. The Hall–Kier alpha value is -0.190. The van der Waals surface area contributed by atoms with Crippen molar-refractivity contribution in [1.82, 2.24) is 14.5 Å². The maximum atomic E-state index is 5.88. The SMILES string of the molecule is CN(Cc1nnsc1Cl)C1CC1. The molecule has 1 saturated carbocycles. The molecule has 1 aromatic heterocycles. The second-order valence-corrected chi connectivity index (χ2v) is 4.50. The van der Waals surface area contributed by atoms with Gasteiger partial charge in [-0.3, -0.25) is 4.90 Å². The molecule has 0 atom stereocenters. The molecule has 0 saturated heterocycles. The molecule has 0 radical (unpaired) electrons. The van der Waals surface area contributed by atoms with E-state index in [1.54, 1.807) is 0 Å². The van der Waals surface area contributed by atoms with Crippen LogP contribution < -0.4 is 0 Å². The van der Waals surface area contributed by atoms with Gasteiger partial charge in [-0.2, -0.15) is 0 Å². The van der Waals surface area contributed by atoms with Gasteiger partial charge in [0.2, 0.25) is 0 Å². The van der Waals surface area contributed by atoms with Gasteiger partial charge in [0.05, 0.1) is 0 Å². The summed E-state index contributed by atoms with van der Waals surface area (Å²) < 4.78 is 4.51. The normalized spacial score (nSPS) is 17.2. The fourth-order valence-corrected chi connectivity index (χ4v) is 1.78. The molecule has 0 unspecified atom stereocenters. The minimum absolute atomic E-state index is 0.725. The Morgan fingerprint density at radius 2 is 2.42 bits per heavy atom. The van der Waals surface area contributed by atoms with Crippen molar-refractivity contribution in [3.63, 3.8) is 0 Å². The maximum absolute atomic E-state index is 5.88. The Morgan fingerprint density at radius 3 is 2.92 bits per heavy atom. The van der Waals surface area contributed by atoms with Crippen LogP contribution in [0.25, 0.3) is 0 Å². The fourth-order valence-electron chi connectivity index (χ4n) is 1.17. The highest BCUT2D eigenvalue weighted by atomic mass is 35.5. The van der Waals surface area contributed by atoms with Gasteiger partial charge in [0.1, 0.15) is 10.0 Å². The Balaban J connectivity index is 1.97. The number of hydrogen-bond acceptors (Lipinski definition) is 4. The first-order chi connectivity index (χ1) is 5.77. The van der Waals surface area contributed by atoms with Crippen molar-refractivity contribution < 1.29 is 0 Å². The van der Waals surface area contributed by atoms with Crippen molar-refractivity contribution in [2.45, 2.75) is 25.4 Å². The van der Waals surface area contributed by atoms with Crippen LogP contribution >= 0.6 is 23.1 Å². The topological polar surface area (TPSA) is 29.0 Å². The Bertz CT molecular complexity index is 271. The van der Waals surface area contributed by atoms with Crippen LogP contribution in [0.15, 0.2) is 0 Å². The van der Waals surface area contributed by atoms with E-state index in [0.717, 1.165) is 22.6 Å². The average Bonchev–Trinajstić information content (AvgIpc) is 2.80. The third kappa shape index (κ3) is 1.76. The molecule has 2 rings (SSSR count). The van der Waals surface area contributed by atoms with Gasteiger partial charge in [-0.25, -0.2) is 0 Å². The summed E-state index contributed by atoms with van der Waals surface area (Å²) in [6.45, 7) is 0.833. The molecule has 1 heterocycles. The van der Waals surface area contributed by atoms with Crippen molar-refractivity contribution in [3.05, 3.63) is 10.0 Å². The summed E-state index contributed by atoms with van der Waals surface area (Å²) in [4.78, 5) is 2.28. The van der Waals surface area contributed by atoms with E-state index in [-0.39, 0.29) is 0 Å². The lowest BCUT2D eigenvalue weighted by Crippen LogP contribution is -2.20. The van der Waals surface area contributed by atoms with E-state index in [2.05, 4.69) is 21.5 Å². The zero-order chi connectivity index (χ0) is 8.55. The number of rotatable bonds is 3. The molecule has 1 aliphatic carbocycles. The number of nitrogens with zero attached hydrogens (tertiary/aromatic N) is 3. The van der Waals surface area contributed by atoms with Crippen molar-refractivity contribution >= 4 is 23.1 Å². The third-order valence-electron chi connectivity index (χ3n) is 2.08. The van der Waals surface area contributed by atoms with Crippen LogP contribution in [0.2, 0.25) is 4.34 Å². The van der Waals surface area contributed by atoms with E-state index in [4.69, 9.17) is 11.6 Å². The molecule has 0 aromatic carbocycles. The van der Waals surface area contributed by atoms with Gasteiger partial charge in [0.15, 0.2) is 0 Å². The fraction of sp³-hybridized carbons (Fsp3) is 0.714. The number of aromatic nitrogens is 2. The van der Waals surface area contributed by atoms with E-state index < -0.39 is 0 Å². The van der Waals surface area contributed by atoms with Gasteiger partial charge in [-0.05, 0) is 19.9 Å². The van der Waals surface area contributed by atoms with Crippen LogP contribution in [0.5, 0.6) is 0 Å². The summed E-state index contributed by atoms with van der Waals surface area (Å²) in [5, 5.41) is 3.96. The first-order valence-electron chi connectivity index (χ1n) is 3.94. The Morgan fingerprint density at radius 1 is 1.67 bits per heavy atom. The van der Waals surface area contributed by atoms with Gasteiger partial charge in [-0.15, -0.1) is 5.10 Å². The molecule has 1 aliphatic rings. The van der Waals surface area contributed by atoms with E-state index in [9.17, 15) is 0 Å². The van der Waals surface area contributed by atoms with E-state index >= 15 is 0 Å². The molecule has 0 N–H and O–H groups in total. The van der Waals surface area contributed by atoms with Gasteiger partial charge < -0.3 is 0 Å². The lowest BCUT2D eigenvalue weighted by Gasteiger charge is -2.12. The van der Waals surface area contributed by atoms with Crippen LogP contribution in [0, 0.1) is 0 Å². The van der Waals surface area contributed by atoms with Crippen LogP contribution in [-0.4, -0.2) is 27.6 Å². The van der Waals surface area contributed by atoms with Gasteiger partial charge in [0.25, 0.3) is 0 Å². The van der Waals surface area contributed by atoms with E-state index in [1.807, 2.05) is 0 Å². The quantitative estimate of drug-likeness (QED) is 0.750. The molecular weight excluding hydrogens is 194 g/mol. The standard InChI is InChI=1S/C7H10ClN3S/c1-11(5-2-3-5)4-6-7(8)12-10-9-6/h5H,2-4H2,1H3. The summed E-state index contributed by atoms with van der Waals surface area (Å²) >= 11 is 7.13. The first-order valence-corrected chi connectivity index (χ1v) is 5.09. The molecule has 1 fully saturated rings. The highest BCUT2D eigenvalue weighted by Crippen LogP contribution is 2.28. The smallest absolute Gasteiger partial charge is 0.138 e. The Labute approximate surface area is 80.5 Å². The number of hydrogen-bond donors (Lipinski definition) is 0. The third-order valence-corrected chi connectivity index (χ3v) is 3.06. The van der Waals surface area contributed by atoms with Crippen molar-refractivity contribution in [3.8, 4) is 0 Å². The second-order valence-electron chi connectivity index (χ2n) is 3.14. The summed E-state index contributed by atoms with van der Waals surface area (Å²) in [5.74, 6) is 0. The summed E-state index contributed by atoms with van der Waals surface area (Å²) in [7, 11) is 2.10. The van der Waals surface area contributed by atoms with E-state index in [1.165, 1.54) is 24.4 Å². The van der Waals surface area contributed by atoms with Gasteiger partial charge in [-0.1, -0.05) is 16.1 Å². The Kier molecular flexibility index (Phi) is 2.30. The molecule has 0 spiro atoms. The summed E-state index contributed by atoms with van der Waals surface area (Å²) in [6, 6.07) is 0.753. The van der Waals surface area contributed by atoms with Crippen molar-refractivity contribution in [2.24, 2.45) is 0 Å².